The Morgan fingerprint density at radius 3 is 2.65 bits per heavy atom. The number of carbonyl (C=O) groups is 2. The first-order chi connectivity index (χ1) is 10.7. The van der Waals surface area contributed by atoms with Gasteiger partial charge in [0.2, 0.25) is 5.91 Å². The molecule has 1 aliphatic carbocycles. The maximum atomic E-state index is 12.5. The maximum absolute atomic E-state index is 12.5. The third kappa shape index (κ3) is 3.39. The van der Waals surface area contributed by atoms with Crippen molar-refractivity contribution in [3.63, 3.8) is 0 Å². The molecule has 2 aliphatic heterocycles. The molecule has 1 N–H and O–H groups in total. The maximum Gasteiger partial charge on any atom is 0.326 e. The van der Waals surface area contributed by atoms with Crippen molar-refractivity contribution >= 4 is 11.9 Å². The van der Waals surface area contributed by atoms with E-state index in [1.165, 1.54) is 19.3 Å². The molecule has 3 rings (SSSR count). The minimum Gasteiger partial charge on any atom is -0.480 e. The molecule has 5 nitrogen and oxygen atoms in total. The largest absolute Gasteiger partial charge is 0.480 e. The number of carboxylic acid groups (broad SMARTS) is 1. The Hall–Kier alpha value is -1.10. The third-order valence-electron chi connectivity index (χ3n) is 5.99. The van der Waals surface area contributed by atoms with E-state index >= 15 is 0 Å². The van der Waals surface area contributed by atoms with Crippen LogP contribution in [0.25, 0.3) is 0 Å². The van der Waals surface area contributed by atoms with Crippen molar-refractivity contribution in [2.45, 2.75) is 71.4 Å². The van der Waals surface area contributed by atoms with Gasteiger partial charge in [0, 0.05) is 32.1 Å². The molecule has 2 heterocycles. The second-order valence-corrected chi connectivity index (χ2v) is 9.02. The van der Waals surface area contributed by atoms with Crippen LogP contribution in [-0.2, 0) is 9.59 Å². The number of carboxylic acids is 1. The van der Waals surface area contributed by atoms with E-state index in [4.69, 9.17) is 0 Å². The Morgan fingerprint density at radius 2 is 1.96 bits per heavy atom. The molecule has 2 saturated heterocycles. The predicted molar refractivity (Wildman–Crippen MR) is 88.1 cm³/mol. The normalized spacial score (nSPS) is 36.4. The summed E-state index contributed by atoms with van der Waals surface area (Å²) in [5.41, 5.74) is 0.770. The number of carbonyl (C=O) groups excluding carboxylic acids is 1. The van der Waals surface area contributed by atoms with Gasteiger partial charge in [0.05, 0.1) is 0 Å². The summed E-state index contributed by atoms with van der Waals surface area (Å²) in [6, 6.07) is -0.0119. The molecule has 1 amide bonds. The molecule has 0 aromatic rings. The molecule has 0 spiro atoms. The van der Waals surface area contributed by atoms with Gasteiger partial charge in [-0.25, -0.2) is 4.79 Å². The van der Waals surface area contributed by atoms with Crippen molar-refractivity contribution in [1.82, 2.24) is 9.80 Å². The topological polar surface area (TPSA) is 60.9 Å². The molecule has 23 heavy (non-hydrogen) atoms. The van der Waals surface area contributed by atoms with Crippen LogP contribution in [0.3, 0.4) is 0 Å². The van der Waals surface area contributed by atoms with Crippen LogP contribution in [0.1, 0.15) is 59.3 Å². The minimum atomic E-state index is -0.859. The van der Waals surface area contributed by atoms with E-state index in [0.717, 1.165) is 19.5 Å². The predicted octanol–water partition coefficient (Wildman–Crippen LogP) is 2.35. The van der Waals surface area contributed by atoms with E-state index in [0.29, 0.717) is 36.3 Å². The van der Waals surface area contributed by atoms with Crippen LogP contribution < -0.4 is 0 Å². The fourth-order valence-electron chi connectivity index (χ4n) is 5.54. The fourth-order valence-corrected chi connectivity index (χ4v) is 5.54. The summed E-state index contributed by atoms with van der Waals surface area (Å²) in [6.45, 7) is 9.55. The number of amides is 1. The van der Waals surface area contributed by atoms with E-state index in [2.05, 4.69) is 25.7 Å². The van der Waals surface area contributed by atoms with E-state index in [1.54, 1.807) is 4.90 Å². The first-order valence-corrected chi connectivity index (χ1v) is 8.96. The highest BCUT2D eigenvalue weighted by Gasteiger charge is 2.49. The van der Waals surface area contributed by atoms with Crippen LogP contribution >= 0.6 is 0 Å². The molecule has 3 unspecified atom stereocenters. The van der Waals surface area contributed by atoms with Crippen molar-refractivity contribution in [1.29, 1.82) is 0 Å². The zero-order valence-corrected chi connectivity index (χ0v) is 14.7. The lowest BCUT2D eigenvalue weighted by Gasteiger charge is -2.40. The van der Waals surface area contributed by atoms with Crippen LogP contribution in [0, 0.1) is 10.8 Å². The van der Waals surface area contributed by atoms with Gasteiger partial charge in [-0.15, -0.1) is 0 Å². The van der Waals surface area contributed by atoms with Gasteiger partial charge in [0.15, 0.2) is 0 Å². The average molecular weight is 322 g/mol. The highest BCUT2D eigenvalue weighted by molar-refractivity contribution is 5.84. The molecule has 3 atom stereocenters. The third-order valence-corrected chi connectivity index (χ3v) is 5.99. The highest BCUT2D eigenvalue weighted by atomic mass is 16.4. The summed E-state index contributed by atoms with van der Waals surface area (Å²) in [5.74, 6) is -0.845. The molecule has 2 bridgehead atoms. The number of rotatable bonds is 4. The summed E-state index contributed by atoms with van der Waals surface area (Å²) in [5, 5.41) is 9.22. The lowest BCUT2D eigenvalue weighted by atomic mass is 9.65. The number of hydrogen-bond donors (Lipinski definition) is 1. The van der Waals surface area contributed by atoms with E-state index in [1.807, 2.05) is 0 Å². The van der Waals surface area contributed by atoms with Gasteiger partial charge in [0.25, 0.3) is 0 Å². The van der Waals surface area contributed by atoms with Crippen molar-refractivity contribution in [2.75, 3.05) is 19.6 Å². The molecule has 0 aromatic heterocycles. The zero-order chi connectivity index (χ0) is 16.8. The SMILES string of the molecule is CC1(C)CC2CC(C)(CN2CCC(=O)N2CCCC2C(=O)O)C1. The first kappa shape index (κ1) is 16.7. The van der Waals surface area contributed by atoms with Gasteiger partial charge in [-0.3, -0.25) is 9.69 Å². The second-order valence-electron chi connectivity index (χ2n) is 9.02. The zero-order valence-electron chi connectivity index (χ0n) is 14.7. The van der Waals surface area contributed by atoms with Crippen LogP contribution in [0.15, 0.2) is 0 Å². The van der Waals surface area contributed by atoms with Gasteiger partial charge in [-0.05, 0) is 42.9 Å². The monoisotopic (exact) mass is 322 g/mol. The molecular weight excluding hydrogens is 292 g/mol. The number of fused-ring (bicyclic) bond motifs is 2. The molecule has 0 aromatic carbocycles. The van der Waals surface area contributed by atoms with E-state index < -0.39 is 12.0 Å². The molecule has 1 saturated carbocycles. The van der Waals surface area contributed by atoms with Gasteiger partial charge in [-0.2, -0.15) is 0 Å². The standard InChI is InChI=1S/C18H30N2O3/c1-17(2)9-13-10-18(3,11-17)12-19(13)8-6-15(21)20-7-4-5-14(20)16(22)23/h13-14H,4-12H2,1-3H3,(H,22,23). The van der Waals surface area contributed by atoms with Crippen LogP contribution in [0.2, 0.25) is 0 Å². The lowest BCUT2D eigenvalue weighted by molar-refractivity contribution is -0.148. The fraction of sp³-hybridized carbons (Fsp3) is 0.889. The summed E-state index contributed by atoms with van der Waals surface area (Å²) >= 11 is 0. The Bertz CT molecular complexity index is 504. The Morgan fingerprint density at radius 1 is 1.22 bits per heavy atom. The van der Waals surface area contributed by atoms with Crippen LogP contribution in [0.5, 0.6) is 0 Å². The van der Waals surface area contributed by atoms with Crippen molar-refractivity contribution < 1.29 is 14.7 Å². The molecule has 3 aliphatic rings. The van der Waals surface area contributed by atoms with Crippen LogP contribution in [-0.4, -0.2) is 58.5 Å². The van der Waals surface area contributed by atoms with Gasteiger partial charge in [-0.1, -0.05) is 20.8 Å². The molecule has 5 heteroatoms. The van der Waals surface area contributed by atoms with Gasteiger partial charge in [0.1, 0.15) is 6.04 Å². The van der Waals surface area contributed by atoms with Gasteiger partial charge >= 0.3 is 5.97 Å². The van der Waals surface area contributed by atoms with Crippen LogP contribution in [0.4, 0.5) is 0 Å². The second kappa shape index (κ2) is 5.76. The first-order valence-electron chi connectivity index (χ1n) is 8.96. The van der Waals surface area contributed by atoms with Crippen molar-refractivity contribution in [3.8, 4) is 0 Å². The Kier molecular flexibility index (Phi) is 4.20. The number of nitrogens with zero attached hydrogens (tertiary/aromatic N) is 2. The summed E-state index contributed by atoms with van der Waals surface area (Å²) in [6.07, 6.45) is 5.57. The highest BCUT2D eigenvalue weighted by Crippen LogP contribution is 2.52. The minimum absolute atomic E-state index is 0.0146. The Balaban J connectivity index is 1.57. The summed E-state index contributed by atoms with van der Waals surface area (Å²) in [4.78, 5) is 27.8. The molecule has 130 valence electrons. The average Bonchev–Trinajstić information content (AvgIpc) is 2.97. The summed E-state index contributed by atoms with van der Waals surface area (Å²) < 4.78 is 0. The molecule has 0 radical (unpaired) electrons. The Labute approximate surface area is 139 Å². The van der Waals surface area contributed by atoms with Gasteiger partial charge < -0.3 is 10.0 Å². The van der Waals surface area contributed by atoms with E-state index in [-0.39, 0.29) is 5.91 Å². The molecule has 3 fully saturated rings. The lowest BCUT2D eigenvalue weighted by Crippen LogP contribution is -2.42. The smallest absolute Gasteiger partial charge is 0.326 e. The molecular formula is C18H30N2O3. The number of aliphatic carboxylic acids is 1. The number of likely N-dealkylation sites (tertiary alicyclic amines) is 2. The van der Waals surface area contributed by atoms with Crippen molar-refractivity contribution in [2.24, 2.45) is 10.8 Å². The number of hydrogen-bond acceptors (Lipinski definition) is 3. The quantitative estimate of drug-likeness (QED) is 0.863. The summed E-state index contributed by atoms with van der Waals surface area (Å²) in [7, 11) is 0. The van der Waals surface area contributed by atoms with E-state index in [9.17, 15) is 14.7 Å². The van der Waals surface area contributed by atoms with Crippen molar-refractivity contribution in [3.05, 3.63) is 0 Å².